The fraction of sp³-hybridized carbons (Fsp3) is 0.652. The Morgan fingerprint density at radius 2 is 1.86 bits per heavy atom. The Bertz CT molecular complexity index is 552. The van der Waals surface area contributed by atoms with Crippen LogP contribution in [0, 0.1) is 5.92 Å². The highest BCUT2D eigenvalue weighted by atomic mass is 16.3. The summed E-state index contributed by atoms with van der Waals surface area (Å²) in [5.41, 5.74) is 1.42. The van der Waals surface area contributed by atoms with Crippen LogP contribution in [0.15, 0.2) is 36.6 Å². The molecule has 29 heavy (non-hydrogen) atoms. The van der Waals surface area contributed by atoms with Gasteiger partial charge in [-0.1, -0.05) is 59.1 Å². The van der Waals surface area contributed by atoms with Crippen LogP contribution in [-0.2, 0) is 9.59 Å². The minimum Gasteiger partial charge on any atom is -0.387 e. The Morgan fingerprint density at radius 1 is 1.28 bits per heavy atom. The second-order valence-corrected chi connectivity index (χ2v) is 7.05. The van der Waals surface area contributed by atoms with Gasteiger partial charge in [-0.05, 0) is 25.2 Å². The molecule has 2 rings (SSSR count). The van der Waals surface area contributed by atoms with Crippen LogP contribution in [0.4, 0.5) is 0 Å². The van der Waals surface area contributed by atoms with Gasteiger partial charge in [-0.25, -0.2) is 0 Å². The average Bonchev–Trinajstić information content (AvgIpc) is 3.13. The molecule has 0 radical (unpaired) electrons. The lowest BCUT2D eigenvalue weighted by atomic mass is 9.92. The SMILES string of the molecule is C=CC(C)C(NC(=O)CO)C1=C(NC2CCCCC2)CNC1=O.C=CCC.CC. The summed E-state index contributed by atoms with van der Waals surface area (Å²) >= 11 is 0. The second kappa shape index (κ2) is 15.8. The standard InChI is InChI=1S/C17H27N3O3.C4H8.C2H6/c1-3-11(2)16(20-14(22)10-21)15-13(9-18-17(15)23)19-12-7-5-4-6-8-12;1-3-4-2;1-2/h3,11-12,16,19,21H,1,4-10H2,2H3,(H,18,23)(H,20,22);3H,1,4H2,2H3;1-2H3. The summed E-state index contributed by atoms with van der Waals surface area (Å²) in [4.78, 5) is 23.9. The highest BCUT2D eigenvalue weighted by Crippen LogP contribution is 2.24. The van der Waals surface area contributed by atoms with E-state index in [2.05, 4.69) is 36.0 Å². The molecule has 2 atom stereocenters. The molecule has 0 saturated heterocycles. The van der Waals surface area contributed by atoms with Gasteiger partial charge in [-0.3, -0.25) is 9.59 Å². The Hall–Kier alpha value is -2.08. The number of carbonyl (C=O) groups excluding carboxylic acids is 2. The number of allylic oxidation sites excluding steroid dienone is 1. The number of nitrogens with one attached hydrogen (secondary N) is 3. The zero-order chi connectivity index (χ0) is 22.2. The molecule has 4 N–H and O–H groups in total. The minimum atomic E-state index is -0.597. The lowest BCUT2D eigenvalue weighted by molar-refractivity contribution is -0.124. The number of aliphatic hydroxyl groups excluding tert-OH is 1. The molecule has 2 aliphatic rings. The molecule has 2 amide bonds. The first-order valence-electron chi connectivity index (χ1n) is 10.9. The summed E-state index contributed by atoms with van der Waals surface area (Å²) in [6.07, 6.45) is 10.6. The fourth-order valence-electron chi connectivity index (χ4n) is 3.27. The molecule has 1 fully saturated rings. The lowest BCUT2D eigenvalue weighted by Gasteiger charge is -2.27. The summed E-state index contributed by atoms with van der Waals surface area (Å²) in [6, 6.07) is -0.101. The number of hydrogen-bond donors (Lipinski definition) is 4. The lowest BCUT2D eigenvalue weighted by Crippen LogP contribution is -2.44. The molecule has 2 unspecified atom stereocenters. The van der Waals surface area contributed by atoms with Crippen molar-refractivity contribution in [2.24, 2.45) is 5.92 Å². The van der Waals surface area contributed by atoms with Gasteiger partial charge in [-0.15, -0.1) is 13.2 Å². The summed E-state index contributed by atoms with van der Waals surface area (Å²) in [5, 5.41) is 18.1. The molecule has 0 bridgehead atoms. The molecule has 6 heteroatoms. The number of carbonyl (C=O) groups is 2. The van der Waals surface area contributed by atoms with Crippen LogP contribution in [0.25, 0.3) is 0 Å². The predicted octanol–water partition coefficient (Wildman–Crippen LogP) is 3.20. The van der Waals surface area contributed by atoms with Crippen LogP contribution < -0.4 is 16.0 Å². The molecule has 0 spiro atoms. The van der Waals surface area contributed by atoms with Crippen molar-refractivity contribution >= 4 is 11.8 Å². The highest BCUT2D eigenvalue weighted by Gasteiger charge is 2.34. The maximum absolute atomic E-state index is 12.3. The van der Waals surface area contributed by atoms with Crippen molar-refractivity contribution in [1.29, 1.82) is 0 Å². The molecular formula is C23H41N3O3. The van der Waals surface area contributed by atoms with Crippen LogP contribution in [0.3, 0.4) is 0 Å². The van der Waals surface area contributed by atoms with Crippen molar-refractivity contribution in [2.45, 2.75) is 78.3 Å². The van der Waals surface area contributed by atoms with E-state index < -0.39 is 18.6 Å². The third-order valence-corrected chi connectivity index (χ3v) is 4.94. The first kappa shape index (κ1) is 26.9. The molecule has 0 aromatic heterocycles. The van der Waals surface area contributed by atoms with Crippen molar-refractivity contribution < 1.29 is 14.7 Å². The number of hydrogen-bond acceptors (Lipinski definition) is 4. The quantitative estimate of drug-likeness (QED) is 0.465. The zero-order valence-corrected chi connectivity index (χ0v) is 18.7. The molecule has 6 nitrogen and oxygen atoms in total. The highest BCUT2D eigenvalue weighted by molar-refractivity contribution is 5.99. The smallest absolute Gasteiger partial charge is 0.251 e. The molecule has 1 heterocycles. The van der Waals surface area contributed by atoms with E-state index in [1.54, 1.807) is 6.08 Å². The summed E-state index contributed by atoms with van der Waals surface area (Å²) < 4.78 is 0. The van der Waals surface area contributed by atoms with Gasteiger partial charge in [0.25, 0.3) is 5.91 Å². The fourth-order valence-corrected chi connectivity index (χ4v) is 3.27. The van der Waals surface area contributed by atoms with E-state index in [1.807, 2.05) is 26.8 Å². The first-order valence-corrected chi connectivity index (χ1v) is 10.9. The topological polar surface area (TPSA) is 90.5 Å². The van der Waals surface area contributed by atoms with Gasteiger partial charge in [0.1, 0.15) is 6.61 Å². The van der Waals surface area contributed by atoms with Gasteiger partial charge < -0.3 is 21.1 Å². The monoisotopic (exact) mass is 407 g/mol. The van der Waals surface area contributed by atoms with Gasteiger partial charge in [0, 0.05) is 11.7 Å². The molecule has 0 aromatic rings. The van der Waals surface area contributed by atoms with E-state index in [-0.39, 0.29) is 11.8 Å². The molecule has 1 aliphatic heterocycles. The normalized spacial score (nSPS) is 18.2. The zero-order valence-electron chi connectivity index (χ0n) is 18.7. The van der Waals surface area contributed by atoms with E-state index in [0.29, 0.717) is 18.2 Å². The van der Waals surface area contributed by atoms with Crippen molar-refractivity contribution in [2.75, 3.05) is 13.2 Å². The van der Waals surface area contributed by atoms with Crippen molar-refractivity contribution in [3.63, 3.8) is 0 Å². The van der Waals surface area contributed by atoms with Crippen molar-refractivity contribution in [1.82, 2.24) is 16.0 Å². The summed E-state index contributed by atoms with van der Waals surface area (Å²) in [5.74, 6) is -0.777. The third-order valence-electron chi connectivity index (χ3n) is 4.94. The van der Waals surface area contributed by atoms with Crippen molar-refractivity contribution in [3.8, 4) is 0 Å². The number of aliphatic hydroxyl groups is 1. The minimum absolute atomic E-state index is 0.118. The number of amides is 2. The largest absolute Gasteiger partial charge is 0.387 e. The predicted molar refractivity (Wildman–Crippen MR) is 120 cm³/mol. The van der Waals surface area contributed by atoms with Gasteiger partial charge >= 0.3 is 0 Å². The van der Waals surface area contributed by atoms with Gasteiger partial charge in [0.05, 0.1) is 18.2 Å². The molecular weight excluding hydrogens is 366 g/mol. The molecule has 1 aliphatic carbocycles. The van der Waals surface area contributed by atoms with Gasteiger partial charge in [0.2, 0.25) is 5.91 Å². The molecule has 0 aromatic carbocycles. The van der Waals surface area contributed by atoms with Crippen LogP contribution in [-0.4, -0.2) is 42.2 Å². The van der Waals surface area contributed by atoms with Crippen LogP contribution >= 0.6 is 0 Å². The van der Waals surface area contributed by atoms with Crippen molar-refractivity contribution in [3.05, 3.63) is 36.6 Å². The Labute approximate surface area is 176 Å². The number of rotatable bonds is 8. The summed E-state index contributed by atoms with van der Waals surface area (Å²) in [6.45, 7) is 15.1. The molecule has 1 saturated carbocycles. The van der Waals surface area contributed by atoms with E-state index in [9.17, 15) is 9.59 Å². The second-order valence-electron chi connectivity index (χ2n) is 7.05. The maximum atomic E-state index is 12.3. The van der Waals surface area contributed by atoms with Crippen LogP contribution in [0.5, 0.6) is 0 Å². The summed E-state index contributed by atoms with van der Waals surface area (Å²) in [7, 11) is 0. The van der Waals surface area contributed by atoms with E-state index in [0.717, 1.165) is 25.0 Å². The first-order chi connectivity index (χ1) is 14.0. The van der Waals surface area contributed by atoms with E-state index in [1.165, 1.54) is 19.3 Å². The van der Waals surface area contributed by atoms with Crippen LogP contribution in [0.2, 0.25) is 0 Å². The Kier molecular flexibility index (Phi) is 14.7. The Balaban J connectivity index is 0.00000116. The van der Waals surface area contributed by atoms with Gasteiger partial charge in [0.15, 0.2) is 0 Å². The maximum Gasteiger partial charge on any atom is 0.251 e. The van der Waals surface area contributed by atoms with Gasteiger partial charge in [-0.2, -0.15) is 0 Å². The van der Waals surface area contributed by atoms with Crippen LogP contribution in [0.1, 0.15) is 66.2 Å². The molecule has 166 valence electrons. The average molecular weight is 408 g/mol. The third kappa shape index (κ3) is 9.31. The van der Waals surface area contributed by atoms with E-state index in [4.69, 9.17) is 5.11 Å². The Morgan fingerprint density at radius 3 is 2.34 bits per heavy atom. The van der Waals surface area contributed by atoms with E-state index >= 15 is 0 Å².